The molecule has 0 saturated heterocycles. The predicted octanol–water partition coefficient (Wildman–Crippen LogP) is 5.87. The van der Waals surface area contributed by atoms with Crippen molar-refractivity contribution in [2.24, 2.45) is 0 Å². The molecule has 0 amide bonds. The quantitative estimate of drug-likeness (QED) is 0.348. The molecule has 0 bridgehead atoms. The van der Waals surface area contributed by atoms with Crippen molar-refractivity contribution in [1.29, 1.82) is 0 Å². The van der Waals surface area contributed by atoms with Gasteiger partial charge in [-0.15, -0.1) is 0 Å². The zero-order chi connectivity index (χ0) is 23.4. The Morgan fingerprint density at radius 3 is 1.32 bits per heavy atom. The number of carboxylic acid groups (broad SMARTS) is 2. The summed E-state index contributed by atoms with van der Waals surface area (Å²) in [5.74, 6) is -4.64. The molecule has 2 atom stereocenters. The Hall–Kier alpha value is -4.18. The first kappa shape index (κ1) is 20.4. The molecule has 4 heteroatoms. The second-order valence-corrected chi connectivity index (χ2v) is 9.05. The van der Waals surface area contributed by atoms with Crippen molar-refractivity contribution >= 4 is 11.9 Å². The van der Waals surface area contributed by atoms with E-state index in [2.05, 4.69) is 0 Å². The summed E-state index contributed by atoms with van der Waals surface area (Å²) >= 11 is 0. The Morgan fingerprint density at radius 2 is 0.912 bits per heavy atom. The molecule has 2 unspecified atom stereocenters. The largest absolute Gasteiger partial charge is 0.481 e. The average Bonchev–Trinajstić information content (AvgIpc) is 3.41. The minimum atomic E-state index is -1.20. The summed E-state index contributed by atoms with van der Waals surface area (Å²) in [4.78, 5) is 25.5. The van der Waals surface area contributed by atoms with Gasteiger partial charge in [0.15, 0.2) is 0 Å². The van der Waals surface area contributed by atoms with Crippen molar-refractivity contribution in [3.8, 4) is 22.3 Å². The van der Waals surface area contributed by atoms with E-state index in [1.165, 1.54) is 0 Å². The standard InChI is InChI=1S/C30H22O4/c31-29(32)27(23-13-5-11-21-19-9-3-1-7-17(19)15-25(21)23)28(30(33)34)24-14-6-12-22-20-10-4-2-8-18(20)16-26(22)24/h1-14,27-28H,15-16H2,(H,31,32)(H,33,34). The third kappa shape index (κ3) is 2.99. The molecule has 2 aliphatic rings. The molecule has 0 saturated carbocycles. The Bertz CT molecular complexity index is 1370. The molecule has 0 spiro atoms. The van der Waals surface area contributed by atoms with Crippen LogP contribution in [0.5, 0.6) is 0 Å². The van der Waals surface area contributed by atoms with Gasteiger partial charge < -0.3 is 10.2 Å². The summed E-state index contributed by atoms with van der Waals surface area (Å²) in [6.45, 7) is 0. The Balaban J connectivity index is 1.52. The molecule has 2 N–H and O–H groups in total. The van der Waals surface area contributed by atoms with Crippen molar-refractivity contribution in [2.45, 2.75) is 24.7 Å². The number of hydrogen-bond acceptors (Lipinski definition) is 2. The molecule has 0 heterocycles. The van der Waals surface area contributed by atoms with Crippen LogP contribution in [0.25, 0.3) is 22.3 Å². The SMILES string of the molecule is O=C(O)C(c1cccc2c1Cc1ccccc1-2)C(C(=O)O)c1cccc2c1Cc1ccccc1-2. The van der Waals surface area contributed by atoms with E-state index in [9.17, 15) is 19.8 Å². The number of carboxylic acids is 2. The van der Waals surface area contributed by atoms with E-state index in [-0.39, 0.29) is 0 Å². The third-order valence-electron chi connectivity index (χ3n) is 7.31. The van der Waals surface area contributed by atoms with Gasteiger partial charge >= 0.3 is 11.9 Å². The molecular formula is C30H22O4. The summed E-state index contributed by atoms with van der Waals surface area (Å²) in [7, 11) is 0. The number of fused-ring (bicyclic) bond motifs is 6. The third-order valence-corrected chi connectivity index (χ3v) is 7.31. The summed E-state index contributed by atoms with van der Waals surface area (Å²) in [6.07, 6.45) is 1.21. The maximum atomic E-state index is 12.7. The highest BCUT2D eigenvalue weighted by atomic mass is 16.4. The van der Waals surface area contributed by atoms with Crippen molar-refractivity contribution in [2.75, 3.05) is 0 Å². The van der Waals surface area contributed by atoms with Gasteiger partial charge in [0, 0.05) is 0 Å². The molecule has 4 aromatic carbocycles. The Morgan fingerprint density at radius 1 is 0.529 bits per heavy atom. The second kappa shape index (κ2) is 7.70. The van der Waals surface area contributed by atoms with E-state index in [4.69, 9.17) is 0 Å². The highest BCUT2D eigenvalue weighted by molar-refractivity contribution is 5.92. The molecule has 0 aromatic heterocycles. The molecular weight excluding hydrogens is 424 g/mol. The molecule has 166 valence electrons. The lowest BCUT2D eigenvalue weighted by molar-refractivity contribution is -0.147. The molecule has 0 aliphatic heterocycles. The molecule has 0 radical (unpaired) electrons. The van der Waals surface area contributed by atoms with E-state index >= 15 is 0 Å². The van der Waals surface area contributed by atoms with Gasteiger partial charge in [0.25, 0.3) is 0 Å². The average molecular weight is 447 g/mol. The lowest BCUT2D eigenvalue weighted by Crippen LogP contribution is -2.28. The molecule has 34 heavy (non-hydrogen) atoms. The fourth-order valence-electron chi connectivity index (χ4n) is 5.86. The van der Waals surface area contributed by atoms with Crippen LogP contribution >= 0.6 is 0 Å². The van der Waals surface area contributed by atoms with Crippen LogP contribution in [-0.2, 0) is 22.4 Å². The number of carbonyl (C=O) groups is 2. The maximum Gasteiger partial charge on any atom is 0.312 e. The van der Waals surface area contributed by atoms with Gasteiger partial charge in [-0.25, -0.2) is 0 Å². The van der Waals surface area contributed by atoms with Gasteiger partial charge in [0.1, 0.15) is 0 Å². The normalized spacial score (nSPS) is 14.5. The topological polar surface area (TPSA) is 74.6 Å². The molecule has 4 nitrogen and oxygen atoms in total. The lowest BCUT2D eigenvalue weighted by Gasteiger charge is -2.25. The molecule has 4 aromatic rings. The molecule has 6 rings (SSSR count). The second-order valence-electron chi connectivity index (χ2n) is 9.05. The van der Waals surface area contributed by atoms with Crippen LogP contribution in [-0.4, -0.2) is 22.2 Å². The van der Waals surface area contributed by atoms with Gasteiger partial charge in [0.2, 0.25) is 0 Å². The van der Waals surface area contributed by atoms with Crippen molar-refractivity contribution in [3.05, 3.63) is 118 Å². The van der Waals surface area contributed by atoms with Crippen LogP contribution in [0, 0.1) is 0 Å². The first-order valence-electron chi connectivity index (χ1n) is 11.4. The van der Waals surface area contributed by atoms with E-state index in [1.807, 2.05) is 72.8 Å². The van der Waals surface area contributed by atoms with E-state index in [0.717, 1.165) is 44.5 Å². The van der Waals surface area contributed by atoms with Crippen molar-refractivity contribution < 1.29 is 19.8 Å². The highest BCUT2D eigenvalue weighted by Crippen LogP contribution is 2.47. The van der Waals surface area contributed by atoms with Crippen LogP contribution in [0.1, 0.15) is 45.2 Å². The van der Waals surface area contributed by atoms with Gasteiger partial charge in [-0.05, 0) is 68.5 Å². The number of rotatable bonds is 5. The van der Waals surface area contributed by atoms with Gasteiger partial charge in [-0.3, -0.25) is 9.59 Å². The minimum absolute atomic E-state index is 0.585. The summed E-state index contributed by atoms with van der Waals surface area (Å²) in [5.41, 5.74) is 9.44. The minimum Gasteiger partial charge on any atom is -0.481 e. The van der Waals surface area contributed by atoms with Gasteiger partial charge in [-0.2, -0.15) is 0 Å². The van der Waals surface area contributed by atoms with Gasteiger partial charge in [0.05, 0.1) is 11.8 Å². The first-order chi connectivity index (χ1) is 16.5. The predicted molar refractivity (Wildman–Crippen MR) is 130 cm³/mol. The summed E-state index contributed by atoms with van der Waals surface area (Å²) in [5, 5.41) is 20.8. The van der Waals surface area contributed by atoms with Crippen molar-refractivity contribution in [1.82, 2.24) is 0 Å². The lowest BCUT2D eigenvalue weighted by atomic mass is 9.77. The van der Waals surface area contributed by atoms with Crippen LogP contribution < -0.4 is 0 Å². The summed E-state index contributed by atoms with van der Waals surface area (Å²) in [6, 6.07) is 27.3. The zero-order valence-corrected chi connectivity index (χ0v) is 18.4. The maximum absolute atomic E-state index is 12.7. The Labute approximate surface area is 197 Å². The Kier molecular flexibility index (Phi) is 4.63. The van der Waals surface area contributed by atoms with E-state index < -0.39 is 23.8 Å². The monoisotopic (exact) mass is 446 g/mol. The van der Waals surface area contributed by atoms with Crippen LogP contribution in [0.2, 0.25) is 0 Å². The summed E-state index contributed by atoms with van der Waals surface area (Å²) < 4.78 is 0. The smallest absolute Gasteiger partial charge is 0.312 e. The van der Waals surface area contributed by atoms with Crippen LogP contribution in [0.15, 0.2) is 84.9 Å². The van der Waals surface area contributed by atoms with E-state index in [1.54, 1.807) is 12.1 Å². The highest BCUT2D eigenvalue weighted by Gasteiger charge is 2.41. The first-order valence-corrected chi connectivity index (χ1v) is 11.4. The number of aliphatic carboxylic acids is 2. The van der Waals surface area contributed by atoms with Gasteiger partial charge in [-0.1, -0.05) is 84.9 Å². The fraction of sp³-hybridized carbons (Fsp3) is 0.133. The van der Waals surface area contributed by atoms with Crippen LogP contribution in [0.4, 0.5) is 0 Å². The van der Waals surface area contributed by atoms with E-state index in [0.29, 0.717) is 24.0 Å². The zero-order valence-electron chi connectivity index (χ0n) is 18.4. The number of benzene rings is 4. The fourth-order valence-corrected chi connectivity index (χ4v) is 5.86. The van der Waals surface area contributed by atoms with Crippen LogP contribution in [0.3, 0.4) is 0 Å². The van der Waals surface area contributed by atoms with Crippen molar-refractivity contribution in [3.63, 3.8) is 0 Å². The molecule has 2 aliphatic carbocycles. The molecule has 0 fully saturated rings. The number of hydrogen-bond donors (Lipinski definition) is 2.